The zero-order chi connectivity index (χ0) is 17.5. The highest BCUT2D eigenvalue weighted by Crippen LogP contribution is 2.68. The number of rotatable bonds is 0. The Balaban J connectivity index is 2.36. The van der Waals surface area contributed by atoms with Crippen LogP contribution in [-0.2, 0) is 8.67 Å². The van der Waals surface area contributed by atoms with Gasteiger partial charge in [0.15, 0.2) is 14.3 Å². The molecule has 24 heavy (non-hydrogen) atoms. The van der Waals surface area contributed by atoms with E-state index in [9.17, 15) is 0 Å². The van der Waals surface area contributed by atoms with Crippen molar-refractivity contribution in [1.29, 1.82) is 0 Å². The molecule has 0 aliphatic heterocycles. The van der Waals surface area contributed by atoms with E-state index < -0.39 is 14.3 Å². The first kappa shape index (κ1) is 17.5. The average molecular weight is 486 g/mol. The number of hydrogen-bond acceptors (Lipinski definition) is 1. The van der Waals surface area contributed by atoms with Crippen molar-refractivity contribution in [3.05, 3.63) is 45.5 Å². The van der Waals surface area contributed by atoms with Crippen LogP contribution in [0.4, 0.5) is 4.39 Å². The second-order valence-corrected chi connectivity index (χ2v) is 10.2. The molecule has 124 valence electrons. The van der Waals surface area contributed by atoms with Crippen LogP contribution in [0.5, 0.6) is 0 Å². The lowest BCUT2D eigenvalue weighted by Crippen LogP contribution is -2.42. The number of nitrogens with zero attached hydrogens (tertiary/aromatic N) is 1. The molecular weight excluding hydrogens is 478 g/mol. The lowest BCUT2D eigenvalue weighted by molar-refractivity contribution is 0.157. The molecule has 0 saturated heterocycles. The number of aromatic nitrogens is 1. The standard InChI is InChI=1S/C16H8BrCl4FNP/c1-14(22)15(18,19)11-8-2-3-10(17)23-13(8)7-4-5-24-6-9(7)12(11)16(14,20)21/h2-6H,1H3. The molecule has 3 aromatic rings. The summed E-state index contributed by atoms with van der Waals surface area (Å²) >= 11 is 29.3. The molecule has 2 heterocycles. The number of benzene rings is 1. The third kappa shape index (κ3) is 2.00. The van der Waals surface area contributed by atoms with Crippen molar-refractivity contribution in [1.82, 2.24) is 4.98 Å². The quantitative estimate of drug-likeness (QED) is 0.180. The normalized spacial score (nSPS) is 24.8. The molecule has 8 heteroatoms. The van der Waals surface area contributed by atoms with Gasteiger partial charge in [-0.2, -0.15) is 0 Å². The third-order valence-electron chi connectivity index (χ3n) is 4.53. The van der Waals surface area contributed by atoms with E-state index in [0.717, 1.165) is 19.0 Å². The van der Waals surface area contributed by atoms with Crippen molar-refractivity contribution in [2.24, 2.45) is 0 Å². The maximum Gasteiger partial charge on any atom is 0.182 e. The molecule has 0 N–H and O–H groups in total. The molecule has 1 nitrogen and oxygen atoms in total. The molecule has 1 aromatic carbocycles. The van der Waals surface area contributed by atoms with E-state index in [1.165, 1.54) is 6.92 Å². The van der Waals surface area contributed by atoms with Crippen LogP contribution in [0.15, 0.2) is 34.4 Å². The number of pyridine rings is 1. The fourth-order valence-corrected chi connectivity index (χ4v) is 5.82. The lowest BCUT2D eigenvalue weighted by atomic mass is 9.97. The maximum absolute atomic E-state index is 15.5. The van der Waals surface area contributed by atoms with Crippen LogP contribution in [0.2, 0.25) is 0 Å². The highest BCUT2D eigenvalue weighted by Gasteiger charge is 2.69. The van der Waals surface area contributed by atoms with Crippen LogP contribution in [0.25, 0.3) is 21.7 Å². The fourth-order valence-electron chi connectivity index (χ4n) is 3.23. The minimum Gasteiger partial charge on any atom is -0.240 e. The van der Waals surface area contributed by atoms with Crippen molar-refractivity contribution in [2.45, 2.75) is 21.3 Å². The van der Waals surface area contributed by atoms with Crippen molar-refractivity contribution in [2.75, 3.05) is 0 Å². The molecular formula is C16H8BrCl4FNP. The van der Waals surface area contributed by atoms with Gasteiger partial charge < -0.3 is 0 Å². The van der Waals surface area contributed by atoms with Gasteiger partial charge in [0.05, 0.1) is 5.52 Å². The largest absolute Gasteiger partial charge is 0.240 e. The second kappa shape index (κ2) is 5.31. The van der Waals surface area contributed by atoms with Crippen LogP contribution >= 0.6 is 70.5 Å². The Kier molecular flexibility index (Phi) is 3.88. The van der Waals surface area contributed by atoms with Crippen LogP contribution < -0.4 is 0 Å². The number of fused-ring (bicyclic) bond motifs is 6. The van der Waals surface area contributed by atoms with Crippen molar-refractivity contribution in [3.8, 4) is 0 Å². The van der Waals surface area contributed by atoms with Crippen LogP contribution in [0.3, 0.4) is 0 Å². The van der Waals surface area contributed by atoms with Gasteiger partial charge in [-0.15, -0.1) is 0 Å². The van der Waals surface area contributed by atoms with Crippen molar-refractivity contribution in [3.63, 3.8) is 0 Å². The number of alkyl halides is 5. The van der Waals surface area contributed by atoms with E-state index in [-0.39, 0.29) is 0 Å². The van der Waals surface area contributed by atoms with Gasteiger partial charge in [0.2, 0.25) is 0 Å². The zero-order valence-corrected chi connectivity index (χ0v) is 17.6. The van der Waals surface area contributed by atoms with Gasteiger partial charge in [0.25, 0.3) is 0 Å². The summed E-state index contributed by atoms with van der Waals surface area (Å²) in [6.07, 6.45) is 0. The van der Waals surface area contributed by atoms with E-state index in [4.69, 9.17) is 46.4 Å². The van der Waals surface area contributed by atoms with Crippen LogP contribution in [-0.4, -0.2) is 10.7 Å². The first-order valence-corrected chi connectivity index (χ1v) is 10.3. The Labute approximate surface area is 167 Å². The molecule has 0 fully saturated rings. The lowest BCUT2D eigenvalue weighted by Gasteiger charge is -2.33. The summed E-state index contributed by atoms with van der Waals surface area (Å²) in [4.78, 5) is 4.54. The Morgan fingerprint density at radius 3 is 2.29 bits per heavy atom. The summed E-state index contributed by atoms with van der Waals surface area (Å²) < 4.78 is 12.4. The van der Waals surface area contributed by atoms with Gasteiger partial charge in [0, 0.05) is 21.9 Å². The van der Waals surface area contributed by atoms with Gasteiger partial charge in [-0.1, -0.05) is 54.6 Å². The molecule has 0 saturated carbocycles. The highest BCUT2D eigenvalue weighted by molar-refractivity contribution is 9.10. The van der Waals surface area contributed by atoms with Crippen molar-refractivity contribution < 1.29 is 4.39 Å². The molecule has 1 aliphatic rings. The molecule has 1 aliphatic carbocycles. The molecule has 0 spiro atoms. The summed E-state index contributed by atoms with van der Waals surface area (Å²) in [6, 6.07) is 5.49. The molecule has 0 bridgehead atoms. The molecule has 4 rings (SSSR count). The SMILES string of the molecule is CC1(F)C(Cl)(Cl)c2c(c3ccc(Br)nc3c3ccpcc23)C1(Cl)Cl. The second-order valence-electron chi connectivity index (χ2n) is 5.85. The van der Waals surface area contributed by atoms with Gasteiger partial charge in [-0.3, -0.25) is 0 Å². The van der Waals surface area contributed by atoms with Crippen molar-refractivity contribution >= 4 is 92.2 Å². The zero-order valence-electron chi connectivity index (χ0n) is 12.0. The molecule has 1 unspecified atom stereocenters. The Bertz CT molecular complexity index is 1020. The molecule has 1 atom stereocenters. The molecule has 0 radical (unpaired) electrons. The van der Waals surface area contributed by atoms with E-state index in [2.05, 4.69) is 20.9 Å². The number of hydrogen-bond donors (Lipinski definition) is 0. The fraction of sp³-hybridized carbons (Fsp3) is 0.250. The predicted molar refractivity (Wildman–Crippen MR) is 106 cm³/mol. The van der Waals surface area contributed by atoms with Crippen LogP contribution in [0.1, 0.15) is 18.1 Å². The van der Waals surface area contributed by atoms with Gasteiger partial charge in [-0.25, -0.2) is 9.37 Å². The van der Waals surface area contributed by atoms with Gasteiger partial charge in [0.1, 0.15) is 4.60 Å². The first-order valence-electron chi connectivity index (χ1n) is 6.92. The summed E-state index contributed by atoms with van der Waals surface area (Å²) in [5.74, 6) is 3.89. The Morgan fingerprint density at radius 2 is 1.62 bits per heavy atom. The number of halogens is 6. The summed E-state index contributed by atoms with van der Waals surface area (Å²) in [5, 5.41) is 2.20. The molecule has 0 amide bonds. The van der Waals surface area contributed by atoms with Gasteiger partial charge >= 0.3 is 0 Å². The van der Waals surface area contributed by atoms with Gasteiger partial charge in [-0.05, 0) is 58.0 Å². The average Bonchev–Trinajstić information content (AvgIpc) is 2.63. The minimum absolute atomic E-state index is 0.385. The monoisotopic (exact) mass is 483 g/mol. The summed E-state index contributed by atoms with van der Waals surface area (Å²) in [7, 11) is 0.938. The first-order chi connectivity index (χ1) is 11.1. The van der Waals surface area contributed by atoms with E-state index >= 15 is 4.39 Å². The van der Waals surface area contributed by atoms with E-state index in [0.29, 0.717) is 26.6 Å². The Hall–Kier alpha value is 0.110. The molecule has 2 aromatic heterocycles. The predicted octanol–water partition coefficient (Wildman–Crippen LogP) is 7.73. The van der Waals surface area contributed by atoms with E-state index in [1.807, 2.05) is 17.7 Å². The van der Waals surface area contributed by atoms with E-state index in [1.54, 1.807) is 12.1 Å². The minimum atomic E-state index is -2.28. The maximum atomic E-state index is 15.5. The topological polar surface area (TPSA) is 12.9 Å². The summed E-state index contributed by atoms with van der Waals surface area (Å²) in [6.45, 7) is 1.23. The smallest absolute Gasteiger partial charge is 0.182 e. The van der Waals surface area contributed by atoms with Crippen LogP contribution in [0, 0.1) is 0 Å². The third-order valence-corrected chi connectivity index (χ3v) is 7.88. The Morgan fingerprint density at radius 1 is 1.00 bits per heavy atom. The highest BCUT2D eigenvalue weighted by atomic mass is 79.9. The summed E-state index contributed by atoms with van der Waals surface area (Å²) in [5.41, 5.74) is -0.802.